The minimum absolute atomic E-state index is 0.248. The molecule has 1 aliphatic heterocycles. The largest absolute Gasteiger partial charge is 0.497 e. The number of rotatable bonds is 10. The second-order valence-corrected chi connectivity index (χ2v) is 9.30. The van der Waals surface area contributed by atoms with Crippen molar-refractivity contribution in [1.82, 2.24) is 4.90 Å². The van der Waals surface area contributed by atoms with E-state index in [-0.39, 0.29) is 18.2 Å². The molecule has 1 amide bonds. The lowest BCUT2D eigenvalue weighted by atomic mass is 9.96. The third-order valence-corrected chi connectivity index (χ3v) is 6.27. The summed E-state index contributed by atoms with van der Waals surface area (Å²) < 4.78 is 17.3. The van der Waals surface area contributed by atoms with Crippen LogP contribution in [0, 0.1) is 0 Å². The molecule has 3 aromatic carbocycles. The smallest absolute Gasteiger partial charge is 0.415 e. The quantitative estimate of drug-likeness (QED) is 0.286. The van der Waals surface area contributed by atoms with Gasteiger partial charge in [-0.1, -0.05) is 23.7 Å². The van der Waals surface area contributed by atoms with Gasteiger partial charge >= 0.3 is 6.09 Å². The number of hydrogen-bond donors (Lipinski definition) is 0. The molecule has 0 saturated carbocycles. The molecule has 1 aliphatic rings. The van der Waals surface area contributed by atoms with Crippen molar-refractivity contribution in [2.45, 2.75) is 31.4 Å². The van der Waals surface area contributed by atoms with Gasteiger partial charge in [0.2, 0.25) is 0 Å². The summed E-state index contributed by atoms with van der Waals surface area (Å²) in [4.78, 5) is 17.0. The maximum absolute atomic E-state index is 13.1. The molecule has 1 fully saturated rings. The summed E-state index contributed by atoms with van der Waals surface area (Å²) in [5, 5.41) is 0.653. The highest BCUT2D eigenvalue weighted by Gasteiger charge is 2.43. The molecule has 2 atom stereocenters. The van der Waals surface area contributed by atoms with Crippen molar-refractivity contribution in [2.24, 2.45) is 0 Å². The number of hydrogen-bond acceptors (Lipinski definition) is 5. The van der Waals surface area contributed by atoms with Gasteiger partial charge < -0.3 is 19.1 Å². The fourth-order valence-electron chi connectivity index (χ4n) is 4.29. The highest BCUT2D eigenvalue weighted by atomic mass is 35.5. The highest BCUT2D eigenvalue weighted by molar-refractivity contribution is 6.30. The molecule has 184 valence electrons. The zero-order chi connectivity index (χ0) is 24.8. The van der Waals surface area contributed by atoms with Gasteiger partial charge in [0, 0.05) is 10.7 Å². The third kappa shape index (κ3) is 6.27. The van der Waals surface area contributed by atoms with Gasteiger partial charge in [-0.3, -0.25) is 4.90 Å². The lowest BCUT2D eigenvalue weighted by molar-refractivity contribution is 0.124. The SMILES string of the molecule is COc1cccc([C@H]2[C@H](CCCCN(C)C)OC(=O)N2c2ccc(Oc3ccc(Cl)cc3)cc2)c1. The number of methoxy groups -OCH3 is 1. The molecule has 1 heterocycles. The van der Waals surface area contributed by atoms with Gasteiger partial charge in [0.15, 0.2) is 0 Å². The molecule has 3 aromatic rings. The van der Waals surface area contributed by atoms with E-state index in [0.717, 1.165) is 42.8 Å². The number of ether oxygens (including phenoxy) is 3. The van der Waals surface area contributed by atoms with Crippen molar-refractivity contribution in [3.05, 3.63) is 83.4 Å². The van der Waals surface area contributed by atoms with Crippen LogP contribution in [-0.4, -0.2) is 44.8 Å². The van der Waals surface area contributed by atoms with Crippen LogP contribution in [0.1, 0.15) is 30.9 Å². The van der Waals surface area contributed by atoms with Crippen LogP contribution in [-0.2, 0) is 4.74 Å². The minimum atomic E-state index is -0.346. The topological polar surface area (TPSA) is 51.2 Å². The van der Waals surface area contributed by atoms with Crippen molar-refractivity contribution in [3.63, 3.8) is 0 Å². The van der Waals surface area contributed by atoms with E-state index in [1.807, 2.05) is 60.7 Å². The van der Waals surface area contributed by atoms with Crippen LogP contribution in [0.25, 0.3) is 0 Å². The van der Waals surface area contributed by atoms with Gasteiger partial charge in [-0.15, -0.1) is 0 Å². The molecule has 7 heteroatoms. The van der Waals surface area contributed by atoms with Gasteiger partial charge in [-0.05, 0) is 106 Å². The fraction of sp³-hybridized carbons (Fsp3) is 0.321. The maximum Gasteiger partial charge on any atom is 0.415 e. The third-order valence-electron chi connectivity index (χ3n) is 6.02. The van der Waals surface area contributed by atoms with Gasteiger partial charge in [0.05, 0.1) is 7.11 Å². The Morgan fingerprint density at radius 2 is 1.63 bits per heavy atom. The minimum Gasteiger partial charge on any atom is -0.497 e. The second-order valence-electron chi connectivity index (χ2n) is 8.86. The van der Waals surface area contributed by atoms with E-state index in [1.165, 1.54) is 0 Å². The Labute approximate surface area is 212 Å². The molecule has 35 heavy (non-hydrogen) atoms. The number of nitrogens with zero attached hydrogens (tertiary/aromatic N) is 2. The first-order valence-electron chi connectivity index (χ1n) is 11.8. The van der Waals surface area contributed by atoms with E-state index in [0.29, 0.717) is 16.5 Å². The lowest BCUT2D eigenvalue weighted by Gasteiger charge is -2.26. The molecule has 0 N–H and O–H groups in total. The summed E-state index contributed by atoms with van der Waals surface area (Å²) in [5.41, 5.74) is 1.73. The Morgan fingerprint density at radius 1 is 0.943 bits per heavy atom. The fourth-order valence-corrected chi connectivity index (χ4v) is 4.42. The van der Waals surface area contributed by atoms with Crippen molar-refractivity contribution < 1.29 is 19.0 Å². The molecular weight excluding hydrogens is 464 g/mol. The Bertz CT molecular complexity index is 1120. The summed E-state index contributed by atoms with van der Waals surface area (Å²) in [6, 6.07) is 22.3. The molecule has 4 rings (SSSR count). The summed E-state index contributed by atoms with van der Waals surface area (Å²) in [6.45, 7) is 1.00. The average Bonchev–Trinajstić information content (AvgIpc) is 3.19. The molecule has 0 spiro atoms. The van der Waals surface area contributed by atoms with Gasteiger partial charge in [0.25, 0.3) is 0 Å². The van der Waals surface area contributed by atoms with E-state index >= 15 is 0 Å². The predicted octanol–water partition coefficient (Wildman–Crippen LogP) is 6.94. The van der Waals surface area contributed by atoms with Crippen LogP contribution >= 0.6 is 11.6 Å². The molecule has 0 aromatic heterocycles. The first kappa shape index (κ1) is 24.9. The second kappa shape index (κ2) is 11.5. The molecule has 0 bridgehead atoms. The van der Waals surface area contributed by atoms with Crippen molar-refractivity contribution in [3.8, 4) is 17.2 Å². The predicted molar refractivity (Wildman–Crippen MR) is 139 cm³/mol. The molecular formula is C28H31ClN2O4. The van der Waals surface area contributed by atoms with E-state index in [4.69, 9.17) is 25.8 Å². The van der Waals surface area contributed by atoms with E-state index < -0.39 is 0 Å². The maximum atomic E-state index is 13.1. The Hall–Kier alpha value is -3.22. The van der Waals surface area contributed by atoms with Gasteiger partial charge in [-0.2, -0.15) is 0 Å². The van der Waals surface area contributed by atoms with Crippen LogP contribution in [0.4, 0.5) is 10.5 Å². The van der Waals surface area contributed by atoms with E-state index in [1.54, 1.807) is 24.1 Å². The summed E-state index contributed by atoms with van der Waals surface area (Å²) in [5.74, 6) is 2.11. The first-order chi connectivity index (χ1) is 16.9. The number of anilines is 1. The van der Waals surface area contributed by atoms with Crippen molar-refractivity contribution >= 4 is 23.4 Å². The van der Waals surface area contributed by atoms with Crippen molar-refractivity contribution in [1.29, 1.82) is 0 Å². The first-order valence-corrected chi connectivity index (χ1v) is 12.1. The Kier molecular flexibility index (Phi) is 8.16. The zero-order valence-electron chi connectivity index (χ0n) is 20.3. The average molecular weight is 495 g/mol. The number of benzene rings is 3. The standard InChI is InChI=1S/C28H31ClN2O4/c1-30(2)18-5-4-9-26-27(20-7-6-8-25(19-20)33-3)31(28(32)35-26)22-12-16-24(17-13-22)34-23-14-10-21(29)11-15-23/h6-8,10-17,19,26-27H,4-5,9,18H2,1-3H3/t26-,27-/m0/s1. The number of cyclic esters (lactones) is 1. The Morgan fingerprint density at radius 3 is 2.29 bits per heavy atom. The molecule has 1 saturated heterocycles. The number of unbranched alkanes of at least 4 members (excludes halogenated alkanes) is 1. The van der Waals surface area contributed by atoms with Crippen LogP contribution < -0.4 is 14.4 Å². The van der Waals surface area contributed by atoms with Crippen LogP contribution in [0.2, 0.25) is 5.02 Å². The summed E-state index contributed by atoms with van der Waals surface area (Å²) >= 11 is 5.96. The normalized spacial score (nSPS) is 17.5. The van der Waals surface area contributed by atoms with Crippen molar-refractivity contribution in [2.75, 3.05) is 32.6 Å². The van der Waals surface area contributed by atoms with E-state index in [9.17, 15) is 4.79 Å². The molecule has 0 radical (unpaired) electrons. The zero-order valence-corrected chi connectivity index (χ0v) is 21.1. The number of amides is 1. The van der Waals surface area contributed by atoms with Crippen LogP contribution in [0.5, 0.6) is 17.2 Å². The Balaban J connectivity index is 1.57. The summed E-state index contributed by atoms with van der Waals surface area (Å²) in [7, 11) is 5.78. The monoisotopic (exact) mass is 494 g/mol. The number of carbonyl (C=O) groups is 1. The van der Waals surface area contributed by atoms with E-state index in [2.05, 4.69) is 19.0 Å². The summed E-state index contributed by atoms with van der Waals surface area (Å²) in [6.07, 6.45) is 2.21. The molecule has 0 aliphatic carbocycles. The molecule has 0 unspecified atom stereocenters. The van der Waals surface area contributed by atoms with Crippen LogP contribution in [0.3, 0.4) is 0 Å². The molecule has 6 nitrogen and oxygen atoms in total. The number of carbonyl (C=O) groups excluding carboxylic acids is 1. The van der Waals surface area contributed by atoms with Crippen LogP contribution in [0.15, 0.2) is 72.8 Å². The highest BCUT2D eigenvalue weighted by Crippen LogP contribution is 2.41. The van der Waals surface area contributed by atoms with Gasteiger partial charge in [-0.25, -0.2) is 4.79 Å². The van der Waals surface area contributed by atoms with Gasteiger partial charge in [0.1, 0.15) is 29.4 Å². The lowest BCUT2D eigenvalue weighted by Crippen LogP contribution is -2.29. The number of halogens is 1.